The molecule has 236 valence electrons. The van der Waals surface area contributed by atoms with Crippen molar-refractivity contribution in [1.82, 2.24) is 8.87 Å². The van der Waals surface area contributed by atoms with Gasteiger partial charge in [0.05, 0.1) is 6.61 Å². The van der Waals surface area contributed by atoms with E-state index >= 15 is 0 Å². The summed E-state index contributed by atoms with van der Waals surface area (Å²) in [4.78, 5) is 27.3. The molecule has 9 heteroatoms. The van der Waals surface area contributed by atoms with Gasteiger partial charge < -0.3 is 9.84 Å². The maximum atomic E-state index is 14.5. The second-order valence-corrected chi connectivity index (χ2v) is 13.5. The number of benzene rings is 4. The number of hydrogen-bond acceptors (Lipinski definition) is 5. The second kappa shape index (κ2) is 12.9. The van der Waals surface area contributed by atoms with E-state index in [1.54, 1.807) is 6.07 Å². The van der Waals surface area contributed by atoms with Gasteiger partial charge in [-0.1, -0.05) is 110 Å². The molecule has 6 rings (SSSR count). The minimum absolute atomic E-state index is 0.0329. The molecule has 0 saturated heterocycles. The van der Waals surface area contributed by atoms with Crippen LogP contribution in [0.4, 0.5) is 0 Å². The Balaban J connectivity index is 1.68. The van der Waals surface area contributed by atoms with E-state index in [2.05, 4.69) is 0 Å². The summed E-state index contributed by atoms with van der Waals surface area (Å²) in [5, 5.41) is 12.1. The largest absolute Gasteiger partial charge is 0.487 e. The molecule has 1 aromatic heterocycles. The van der Waals surface area contributed by atoms with Gasteiger partial charge in [0, 0.05) is 37.1 Å². The second-order valence-electron chi connectivity index (χ2n) is 11.6. The molecular weight excluding hydrogens is 600 g/mol. The predicted molar refractivity (Wildman–Crippen MR) is 179 cm³/mol. The number of carbonyl (C=O) groups is 1. The summed E-state index contributed by atoms with van der Waals surface area (Å²) in [5.41, 5.74) is 3.29. The monoisotopic (exact) mass is 636 g/mol. The molecule has 1 unspecified atom stereocenters. The fourth-order valence-corrected chi connectivity index (χ4v) is 8.31. The number of aliphatic carboxylic acids is 1. The molecule has 5 aromatic rings. The molecule has 0 fully saturated rings. The molecule has 1 N–H and O–H groups in total. The Hall–Kier alpha value is -4.73. The van der Waals surface area contributed by atoms with Gasteiger partial charge in [-0.15, -0.1) is 0 Å². The zero-order valence-corrected chi connectivity index (χ0v) is 26.7. The fraction of sp³-hybridized carbons (Fsp3) is 0.243. The standard InChI is InChI=1S/C37H36N2O6S/c1-3-20-38-24-32(37(41)42)39-35(40)34(45-21-19-26-12-5-4-6-13-26)31(23-28-16-10-15-27-14-7-8-18-30(27)28)33(36(39)46(38,43)44)29-17-9-11-25(2)22-29/h4-18,22,32H,3,19-21,23-24H2,1-2H3,(H,41,42). The minimum Gasteiger partial charge on any atom is -0.487 e. The predicted octanol–water partition coefficient (Wildman–Crippen LogP) is 6.23. The highest BCUT2D eigenvalue weighted by Crippen LogP contribution is 2.41. The number of aromatic nitrogens is 1. The first kappa shape index (κ1) is 31.3. The van der Waals surface area contributed by atoms with E-state index in [1.165, 1.54) is 4.31 Å². The Morgan fingerprint density at radius 1 is 0.957 bits per heavy atom. The molecule has 1 aliphatic rings. The maximum absolute atomic E-state index is 14.5. The van der Waals surface area contributed by atoms with Crippen LogP contribution in [0.1, 0.15) is 41.6 Å². The van der Waals surface area contributed by atoms with E-state index in [0.29, 0.717) is 24.0 Å². The molecule has 4 aromatic carbocycles. The van der Waals surface area contributed by atoms with Gasteiger partial charge in [0.25, 0.3) is 15.6 Å². The van der Waals surface area contributed by atoms with Gasteiger partial charge in [-0.3, -0.25) is 9.36 Å². The van der Waals surface area contributed by atoms with Crippen molar-refractivity contribution in [3.63, 3.8) is 0 Å². The van der Waals surface area contributed by atoms with Crippen molar-refractivity contribution in [2.45, 2.75) is 44.2 Å². The molecule has 0 saturated carbocycles. The van der Waals surface area contributed by atoms with Gasteiger partial charge in [-0.05, 0) is 40.8 Å². The fourth-order valence-electron chi connectivity index (χ4n) is 6.34. The molecule has 0 amide bonds. The molecule has 0 spiro atoms. The first-order valence-corrected chi connectivity index (χ1v) is 16.9. The van der Waals surface area contributed by atoms with E-state index in [1.807, 2.05) is 105 Å². The lowest BCUT2D eigenvalue weighted by Gasteiger charge is -2.35. The van der Waals surface area contributed by atoms with Crippen LogP contribution in [0.5, 0.6) is 5.75 Å². The number of carboxylic acid groups (broad SMARTS) is 1. The van der Waals surface area contributed by atoms with Crippen molar-refractivity contribution in [1.29, 1.82) is 0 Å². The molecular formula is C37H36N2O6S. The summed E-state index contributed by atoms with van der Waals surface area (Å²) in [7, 11) is -4.29. The Bertz CT molecular complexity index is 2080. The van der Waals surface area contributed by atoms with E-state index < -0.39 is 27.6 Å². The Kier molecular flexibility index (Phi) is 8.80. The van der Waals surface area contributed by atoms with E-state index in [-0.39, 0.29) is 42.5 Å². The number of fused-ring (bicyclic) bond motifs is 2. The summed E-state index contributed by atoms with van der Waals surface area (Å²) >= 11 is 0. The molecule has 1 atom stereocenters. The van der Waals surface area contributed by atoms with Gasteiger partial charge in [0.1, 0.15) is 6.04 Å². The third-order valence-electron chi connectivity index (χ3n) is 8.49. The lowest BCUT2D eigenvalue weighted by Crippen LogP contribution is -2.50. The molecule has 1 aliphatic heterocycles. The van der Waals surface area contributed by atoms with Crippen molar-refractivity contribution < 1.29 is 23.1 Å². The van der Waals surface area contributed by atoms with Crippen molar-refractivity contribution in [2.75, 3.05) is 19.7 Å². The number of ether oxygens (including phenoxy) is 1. The van der Waals surface area contributed by atoms with E-state index in [0.717, 1.165) is 32.0 Å². The lowest BCUT2D eigenvalue weighted by atomic mass is 9.92. The molecule has 2 heterocycles. The highest BCUT2D eigenvalue weighted by molar-refractivity contribution is 7.89. The molecule has 8 nitrogen and oxygen atoms in total. The number of sulfonamides is 1. The summed E-state index contributed by atoms with van der Waals surface area (Å²) in [6.45, 7) is 3.66. The Morgan fingerprint density at radius 3 is 2.41 bits per heavy atom. The van der Waals surface area contributed by atoms with E-state index in [9.17, 15) is 23.1 Å². The minimum atomic E-state index is -4.29. The average Bonchev–Trinajstić information content (AvgIpc) is 3.04. The smallest absolute Gasteiger partial charge is 0.328 e. The van der Waals surface area contributed by atoms with Crippen LogP contribution in [0, 0.1) is 6.92 Å². The average molecular weight is 637 g/mol. The third kappa shape index (κ3) is 5.84. The van der Waals surface area contributed by atoms with Gasteiger partial charge in [0.15, 0.2) is 10.8 Å². The quantitative estimate of drug-likeness (QED) is 0.195. The number of nitrogens with zero attached hydrogens (tertiary/aromatic N) is 2. The normalized spacial score (nSPS) is 15.8. The molecule has 46 heavy (non-hydrogen) atoms. The first-order chi connectivity index (χ1) is 22.2. The van der Waals surface area contributed by atoms with Gasteiger partial charge in [0.2, 0.25) is 0 Å². The van der Waals surface area contributed by atoms with Crippen LogP contribution in [0.15, 0.2) is 107 Å². The van der Waals surface area contributed by atoms with Crippen molar-refractivity contribution >= 4 is 26.8 Å². The van der Waals surface area contributed by atoms with Crippen LogP contribution >= 0.6 is 0 Å². The van der Waals surface area contributed by atoms with Crippen LogP contribution in [0.25, 0.3) is 21.9 Å². The zero-order chi connectivity index (χ0) is 32.4. The summed E-state index contributed by atoms with van der Waals surface area (Å²) in [6, 6.07) is 29.5. The van der Waals surface area contributed by atoms with Crippen molar-refractivity contribution in [3.8, 4) is 16.9 Å². The number of pyridine rings is 1. The molecule has 0 aliphatic carbocycles. The Morgan fingerprint density at radius 2 is 1.67 bits per heavy atom. The van der Waals surface area contributed by atoms with Gasteiger partial charge in [-0.2, -0.15) is 4.31 Å². The highest BCUT2D eigenvalue weighted by atomic mass is 32.2. The SMILES string of the molecule is CCCN1CC(C(=O)O)n2c(c(-c3cccc(C)c3)c(Cc3cccc4ccccc34)c(OCCc3ccccc3)c2=O)S1(=O)=O. The van der Waals surface area contributed by atoms with Crippen molar-refractivity contribution in [3.05, 3.63) is 130 Å². The van der Waals surface area contributed by atoms with Crippen LogP contribution in [-0.4, -0.2) is 48.1 Å². The summed E-state index contributed by atoms with van der Waals surface area (Å²) < 4.78 is 37.4. The van der Waals surface area contributed by atoms with Crippen molar-refractivity contribution in [2.24, 2.45) is 0 Å². The topological polar surface area (TPSA) is 106 Å². The molecule has 0 radical (unpaired) electrons. The summed E-state index contributed by atoms with van der Waals surface area (Å²) in [6.07, 6.45) is 1.18. The van der Waals surface area contributed by atoms with E-state index in [4.69, 9.17) is 4.74 Å². The number of aryl methyl sites for hydroxylation is 1. The highest BCUT2D eigenvalue weighted by Gasteiger charge is 2.44. The number of rotatable bonds is 10. The van der Waals surface area contributed by atoms with Gasteiger partial charge in [-0.25, -0.2) is 13.2 Å². The summed E-state index contributed by atoms with van der Waals surface area (Å²) in [5.74, 6) is -1.32. The number of hydrogen-bond donors (Lipinski definition) is 1. The Labute approximate surface area is 268 Å². The van der Waals surface area contributed by atoms with Crippen LogP contribution in [0.3, 0.4) is 0 Å². The van der Waals surface area contributed by atoms with Gasteiger partial charge >= 0.3 is 5.97 Å². The van der Waals surface area contributed by atoms with Crippen LogP contribution < -0.4 is 10.3 Å². The number of carboxylic acids is 1. The maximum Gasteiger partial charge on any atom is 0.328 e. The van der Waals surface area contributed by atoms with Crippen LogP contribution in [0.2, 0.25) is 0 Å². The lowest BCUT2D eigenvalue weighted by molar-refractivity contribution is -0.141. The zero-order valence-electron chi connectivity index (χ0n) is 25.8. The third-order valence-corrected chi connectivity index (χ3v) is 10.4. The van der Waals surface area contributed by atoms with Crippen LogP contribution in [-0.2, 0) is 27.7 Å². The molecule has 0 bridgehead atoms. The first-order valence-electron chi connectivity index (χ1n) is 15.5.